The van der Waals surface area contributed by atoms with Crippen molar-refractivity contribution in [2.75, 3.05) is 11.9 Å². The molecule has 2 aliphatic rings. The lowest BCUT2D eigenvalue weighted by atomic mass is 9.73. The zero-order chi connectivity index (χ0) is 18.0. The Hall–Kier alpha value is -2.15. The lowest BCUT2D eigenvalue weighted by Gasteiger charge is -2.38. The van der Waals surface area contributed by atoms with Crippen molar-refractivity contribution in [3.8, 4) is 0 Å². The van der Waals surface area contributed by atoms with Crippen LogP contribution in [0.4, 0.5) is 11.4 Å². The van der Waals surface area contributed by atoms with Gasteiger partial charge in [0.05, 0.1) is 11.0 Å². The predicted octanol–water partition coefficient (Wildman–Crippen LogP) is 2.84. The summed E-state index contributed by atoms with van der Waals surface area (Å²) in [7, 11) is 0. The first-order valence-electron chi connectivity index (χ1n) is 8.90. The third-order valence-corrected chi connectivity index (χ3v) is 5.33. The molecule has 0 aliphatic heterocycles. The molecule has 0 bridgehead atoms. The highest BCUT2D eigenvalue weighted by Crippen LogP contribution is 2.37. The summed E-state index contributed by atoms with van der Waals surface area (Å²) in [6, 6.07) is 4.71. The molecule has 0 aromatic heterocycles. The summed E-state index contributed by atoms with van der Waals surface area (Å²) in [5, 5.41) is 27.6. The first-order valence-corrected chi connectivity index (χ1v) is 8.90. The molecule has 7 nitrogen and oxygen atoms in total. The molecule has 0 heterocycles. The highest BCUT2D eigenvalue weighted by molar-refractivity contribution is 5.96. The number of nitrogens with one attached hydrogen (secondary N) is 2. The summed E-state index contributed by atoms with van der Waals surface area (Å²) in [4.78, 5) is 23.0. The van der Waals surface area contributed by atoms with Gasteiger partial charge < -0.3 is 15.7 Å². The monoisotopic (exact) mass is 347 g/mol. The third-order valence-electron chi connectivity index (χ3n) is 5.33. The van der Waals surface area contributed by atoms with Gasteiger partial charge >= 0.3 is 0 Å². The largest absolute Gasteiger partial charge is 0.392 e. The van der Waals surface area contributed by atoms with Gasteiger partial charge in [0.1, 0.15) is 5.69 Å². The second kappa shape index (κ2) is 7.00. The van der Waals surface area contributed by atoms with Crippen LogP contribution < -0.4 is 10.6 Å². The van der Waals surface area contributed by atoms with Crippen molar-refractivity contribution >= 4 is 17.3 Å². The third kappa shape index (κ3) is 4.10. The molecule has 2 atom stereocenters. The van der Waals surface area contributed by atoms with Gasteiger partial charge in [-0.1, -0.05) is 19.8 Å². The number of aliphatic hydroxyl groups is 1. The molecule has 2 aliphatic carbocycles. The number of hydrogen-bond acceptors (Lipinski definition) is 5. The average molecular weight is 347 g/mol. The molecule has 0 spiro atoms. The molecule has 2 saturated carbocycles. The van der Waals surface area contributed by atoms with E-state index in [-0.39, 0.29) is 23.1 Å². The standard InChI is InChI=1S/C18H25N3O4/c1-18(9-3-2-4-16(18)22)11-19-14-8-5-12(10-15(14)21(24)25)17(23)20-13-6-7-13/h5,8,10,13,16,19,22H,2-4,6-7,9,11H2,1H3,(H,20,23). The lowest BCUT2D eigenvalue weighted by molar-refractivity contribution is -0.384. The number of nitro groups is 1. The molecule has 136 valence electrons. The second-order valence-electron chi connectivity index (χ2n) is 7.51. The molecule has 7 heteroatoms. The lowest BCUT2D eigenvalue weighted by Crippen LogP contribution is -2.41. The van der Waals surface area contributed by atoms with E-state index in [9.17, 15) is 20.0 Å². The fourth-order valence-corrected chi connectivity index (χ4v) is 3.35. The molecular formula is C18H25N3O4. The number of carbonyl (C=O) groups excluding carboxylic acids is 1. The Kier molecular flexibility index (Phi) is 4.94. The highest BCUT2D eigenvalue weighted by atomic mass is 16.6. The number of anilines is 1. The number of aliphatic hydroxyl groups excluding tert-OH is 1. The summed E-state index contributed by atoms with van der Waals surface area (Å²) in [6.45, 7) is 2.47. The first-order chi connectivity index (χ1) is 11.9. The smallest absolute Gasteiger partial charge is 0.293 e. The van der Waals surface area contributed by atoms with E-state index in [0.717, 1.165) is 38.5 Å². The quantitative estimate of drug-likeness (QED) is 0.542. The first kappa shape index (κ1) is 17.7. The van der Waals surface area contributed by atoms with Crippen molar-refractivity contribution in [1.82, 2.24) is 5.32 Å². The Balaban J connectivity index is 1.73. The van der Waals surface area contributed by atoms with Crippen molar-refractivity contribution in [2.24, 2.45) is 5.41 Å². The van der Waals surface area contributed by atoms with Crippen LogP contribution in [0.5, 0.6) is 0 Å². The molecule has 0 radical (unpaired) electrons. The summed E-state index contributed by atoms with van der Waals surface area (Å²) in [5.74, 6) is -0.271. The Morgan fingerprint density at radius 3 is 2.76 bits per heavy atom. The average Bonchev–Trinajstić information content (AvgIpc) is 3.39. The number of rotatable bonds is 6. The van der Waals surface area contributed by atoms with E-state index in [1.807, 2.05) is 6.92 Å². The second-order valence-corrected chi connectivity index (χ2v) is 7.51. The van der Waals surface area contributed by atoms with Gasteiger partial charge in [-0.05, 0) is 37.8 Å². The van der Waals surface area contributed by atoms with E-state index in [1.165, 1.54) is 6.07 Å². The number of nitrogens with zero attached hydrogens (tertiary/aromatic N) is 1. The van der Waals surface area contributed by atoms with Crippen LogP contribution in [-0.4, -0.2) is 34.6 Å². The normalized spacial score (nSPS) is 26.1. The van der Waals surface area contributed by atoms with Crippen LogP contribution in [0, 0.1) is 15.5 Å². The molecule has 1 amide bonds. The fourth-order valence-electron chi connectivity index (χ4n) is 3.35. The summed E-state index contributed by atoms with van der Waals surface area (Å²) < 4.78 is 0. The summed E-state index contributed by atoms with van der Waals surface area (Å²) in [5.41, 5.74) is 0.270. The Morgan fingerprint density at radius 1 is 1.36 bits per heavy atom. The van der Waals surface area contributed by atoms with Crippen LogP contribution in [-0.2, 0) is 0 Å². The van der Waals surface area contributed by atoms with Crippen molar-refractivity contribution in [1.29, 1.82) is 0 Å². The van der Waals surface area contributed by atoms with E-state index in [0.29, 0.717) is 17.8 Å². The Bertz CT molecular complexity index is 674. The van der Waals surface area contributed by atoms with Crippen molar-refractivity contribution < 1.29 is 14.8 Å². The minimum absolute atomic E-state index is 0.114. The SMILES string of the molecule is CC1(CNc2ccc(C(=O)NC3CC3)cc2[N+](=O)[O-])CCCCC1O. The molecular weight excluding hydrogens is 322 g/mol. The molecule has 1 aromatic rings. The highest BCUT2D eigenvalue weighted by Gasteiger charge is 2.35. The van der Waals surface area contributed by atoms with Gasteiger partial charge in [-0.25, -0.2) is 0 Å². The number of nitro benzene ring substituents is 1. The van der Waals surface area contributed by atoms with Gasteiger partial charge in [0.25, 0.3) is 11.6 Å². The summed E-state index contributed by atoms with van der Waals surface area (Å²) in [6.07, 6.45) is 5.25. The van der Waals surface area contributed by atoms with Crippen molar-refractivity contribution in [2.45, 2.75) is 57.6 Å². The van der Waals surface area contributed by atoms with Crippen LogP contribution >= 0.6 is 0 Å². The molecule has 1 aromatic carbocycles. The van der Waals surface area contributed by atoms with E-state index in [1.54, 1.807) is 12.1 Å². The van der Waals surface area contributed by atoms with Crippen LogP contribution in [0.1, 0.15) is 55.8 Å². The van der Waals surface area contributed by atoms with Gasteiger partial charge in [0, 0.05) is 29.6 Å². The van der Waals surface area contributed by atoms with E-state index >= 15 is 0 Å². The minimum atomic E-state index is -0.476. The molecule has 3 rings (SSSR count). The summed E-state index contributed by atoms with van der Waals surface area (Å²) >= 11 is 0. The maximum Gasteiger partial charge on any atom is 0.293 e. The van der Waals surface area contributed by atoms with Gasteiger partial charge in [0.15, 0.2) is 0 Å². The molecule has 25 heavy (non-hydrogen) atoms. The van der Waals surface area contributed by atoms with Gasteiger partial charge in [0.2, 0.25) is 0 Å². The molecule has 2 unspecified atom stereocenters. The van der Waals surface area contributed by atoms with E-state index in [4.69, 9.17) is 0 Å². The Labute approximate surface area is 147 Å². The Morgan fingerprint density at radius 2 is 2.12 bits per heavy atom. The zero-order valence-electron chi connectivity index (χ0n) is 14.5. The number of hydrogen-bond donors (Lipinski definition) is 3. The molecule has 0 saturated heterocycles. The van der Waals surface area contributed by atoms with Crippen LogP contribution in [0.2, 0.25) is 0 Å². The van der Waals surface area contributed by atoms with Gasteiger partial charge in [-0.15, -0.1) is 0 Å². The van der Waals surface area contributed by atoms with Crippen molar-refractivity contribution in [3.63, 3.8) is 0 Å². The van der Waals surface area contributed by atoms with E-state index < -0.39 is 11.0 Å². The van der Waals surface area contributed by atoms with Crippen LogP contribution in [0.15, 0.2) is 18.2 Å². The molecule has 3 N–H and O–H groups in total. The minimum Gasteiger partial charge on any atom is -0.392 e. The van der Waals surface area contributed by atoms with Gasteiger partial charge in [-0.2, -0.15) is 0 Å². The zero-order valence-corrected chi connectivity index (χ0v) is 14.5. The van der Waals surface area contributed by atoms with E-state index in [2.05, 4.69) is 10.6 Å². The maximum atomic E-state index is 12.1. The fraction of sp³-hybridized carbons (Fsp3) is 0.611. The number of benzene rings is 1. The topological polar surface area (TPSA) is 104 Å². The predicted molar refractivity (Wildman–Crippen MR) is 94.7 cm³/mol. The van der Waals surface area contributed by atoms with Crippen LogP contribution in [0.3, 0.4) is 0 Å². The maximum absolute atomic E-state index is 12.1. The van der Waals surface area contributed by atoms with Crippen molar-refractivity contribution in [3.05, 3.63) is 33.9 Å². The van der Waals surface area contributed by atoms with Crippen LogP contribution in [0.25, 0.3) is 0 Å². The van der Waals surface area contributed by atoms with Gasteiger partial charge in [-0.3, -0.25) is 14.9 Å². The molecule has 2 fully saturated rings. The number of carbonyl (C=O) groups is 1. The number of amides is 1.